The van der Waals surface area contributed by atoms with Crippen molar-refractivity contribution in [2.45, 2.75) is 17.1 Å². The zero-order valence-corrected chi connectivity index (χ0v) is 17.9. The van der Waals surface area contributed by atoms with Crippen LogP contribution in [0.3, 0.4) is 0 Å². The molecule has 0 fully saturated rings. The predicted molar refractivity (Wildman–Crippen MR) is 111 cm³/mol. The maximum Gasteiger partial charge on any atom is 0.287 e. The second-order valence-corrected chi connectivity index (χ2v) is 9.45. The molecule has 28 heavy (non-hydrogen) atoms. The van der Waals surface area contributed by atoms with Crippen LogP contribution in [0, 0.1) is 0 Å². The average molecular weight is 483 g/mol. The third-order valence-electron chi connectivity index (χ3n) is 4.00. The fourth-order valence-electron chi connectivity index (χ4n) is 2.55. The summed E-state index contributed by atoms with van der Waals surface area (Å²) in [5.74, 6) is -0.406. The van der Waals surface area contributed by atoms with Crippen molar-refractivity contribution in [2.24, 2.45) is 0 Å². The zero-order valence-electron chi connectivity index (χ0n) is 14.7. The van der Waals surface area contributed by atoms with Crippen LogP contribution in [0.25, 0.3) is 0 Å². The van der Waals surface area contributed by atoms with Gasteiger partial charge in [-0.05, 0) is 60.5 Å². The highest BCUT2D eigenvalue weighted by Gasteiger charge is 2.19. The molecule has 3 rings (SSSR count). The summed E-state index contributed by atoms with van der Waals surface area (Å²) in [5, 5.41) is 3.42. The Labute approximate surface area is 176 Å². The van der Waals surface area contributed by atoms with Crippen LogP contribution in [0.2, 0.25) is 5.02 Å². The van der Waals surface area contributed by atoms with E-state index < -0.39 is 9.84 Å². The summed E-state index contributed by atoms with van der Waals surface area (Å²) in [6, 6.07) is 16.7. The van der Waals surface area contributed by atoms with E-state index in [1.807, 2.05) is 12.1 Å². The number of furan rings is 1. The normalized spacial score (nSPS) is 11.4. The molecule has 8 heteroatoms. The summed E-state index contributed by atoms with van der Waals surface area (Å²) in [5.41, 5.74) is 1.05. The molecule has 0 aliphatic carbocycles. The van der Waals surface area contributed by atoms with E-state index >= 15 is 0 Å². The first-order valence-electron chi connectivity index (χ1n) is 8.43. The molecule has 0 radical (unpaired) electrons. The van der Waals surface area contributed by atoms with E-state index in [4.69, 9.17) is 16.0 Å². The zero-order chi connectivity index (χ0) is 20.1. The maximum absolute atomic E-state index is 12.5. The number of rotatable bonds is 7. The largest absolute Gasteiger partial charge is 0.455 e. The molecule has 0 aliphatic heterocycles. The molecule has 2 aromatic carbocycles. The van der Waals surface area contributed by atoms with Crippen LogP contribution >= 0.6 is 27.5 Å². The van der Waals surface area contributed by atoms with Crippen LogP contribution in [0.4, 0.5) is 0 Å². The van der Waals surface area contributed by atoms with Gasteiger partial charge in [-0.15, -0.1) is 0 Å². The lowest BCUT2D eigenvalue weighted by molar-refractivity contribution is 0.0925. The number of amides is 1. The topological polar surface area (TPSA) is 76.4 Å². The standard InChI is InChI=1S/C20H17BrClNO4S/c21-15-3-8-18(9-4-15)28(25,26)13-17-7-10-19(27-17)20(24)23-12-11-14-1-5-16(22)6-2-14/h1-10H,11-13H2,(H,23,24). The van der Waals surface area contributed by atoms with Crippen LogP contribution < -0.4 is 5.32 Å². The lowest BCUT2D eigenvalue weighted by atomic mass is 10.1. The number of benzene rings is 2. The summed E-state index contributed by atoms with van der Waals surface area (Å²) in [4.78, 5) is 12.4. The Bertz CT molecular complexity index is 1060. The minimum absolute atomic E-state index is 0.0807. The van der Waals surface area contributed by atoms with Gasteiger partial charge in [0.05, 0.1) is 4.90 Å². The van der Waals surface area contributed by atoms with Crippen molar-refractivity contribution in [3.8, 4) is 0 Å². The predicted octanol–water partition coefficient (Wildman–Crippen LogP) is 4.64. The van der Waals surface area contributed by atoms with Crippen LogP contribution in [-0.2, 0) is 22.0 Å². The molecule has 5 nitrogen and oxygen atoms in total. The van der Waals surface area contributed by atoms with E-state index in [9.17, 15) is 13.2 Å². The Morgan fingerprint density at radius 2 is 1.68 bits per heavy atom. The number of hydrogen-bond donors (Lipinski definition) is 1. The molecule has 0 spiro atoms. The second-order valence-electron chi connectivity index (χ2n) is 6.11. The maximum atomic E-state index is 12.5. The van der Waals surface area contributed by atoms with Crippen LogP contribution in [0.15, 0.2) is 74.4 Å². The van der Waals surface area contributed by atoms with E-state index in [0.717, 1.165) is 10.0 Å². The Balaban J connectivity index is 1.57. The SMILES string of the molecule is O=C(NCCc1ccc(Cl)cc1)c1ccc(CS(=O)(=O)c2ccc(Br)cc2)o1. The fraction of sp³-hybridized carbons (Fsp3) is 0.150. The summed E-state index contributed by atoms with van der Waals surface area (Å²) < 4.78 is 31.1. The number of sulfone groups is 1. The third-order valence-corrected chi connectivity index (χ3v) is 6.44. The smallest absolute Gasteiger partial charge is 0.287 e. The number of carbonyl (C=O) groups excluding carboxylic acids is 1. The van der Waals surface area contributed by atoms with Gasteiger partial charge in [0.15, 0.2) is 15.6 Å². The van der Waals surface area contributed by atoms with Crippen molar-refractivity contribution in [3.05, 3.63) is 87.2 Å². The van der Waals surface area contributed by atoms with Gasteiger partial charge in [0.1, 0.15) is 11.5 Å². The van der Waals surface area contributed by atoms with Crippen molar-refractivity contribution < 1.29 is 17.6 Å². The van der Waals surface area contributed by atoms with Crippen molar-refractivity contribution in [1.82, 2.24) is 5.32 Å². The Morgan fingerprint density at radius 1 is 1.00 bits per heavy atom. The monoisotopic (exact) mass is 481 g/mol. The van der Waals surface area contributed by atoms with Gasteiger partial charge in [0, 0.05) is 16.0 Å². The van der Waals surface area contributed by atoms with Crippen LogP contribution in [0.1, 0.15) is 21.9 Å². The first-order chi connectivity index (χ1) is 13.3. The summed E-state index contributed by atoms with van der Waals surface area (Å²) in [6.07, 6.45) is 0.647. The number of halogens is 2. The summed E-state index contributed by atoms with van der Waals surface area (Å²) in [7, 11) is -3.56. The van der Waals surface area contributed by atoms with Crippen molar-refractivity contribution in [3.63, 3.8) is 0 Å². The molecule has 0 atom stereocenters. The molecular weight excluding hydrogens is 466 g/mol. The molecule has 0 aliphatic rings. The highest BCUT2D eigenvalue weighted by molar-refractivity contribution is 9.10. The summed E-state index contributed by atoms with van der Waals surface area (Å²) >= 11 is 9.12. The fourth-order valence-corrected chi connectivity index (χ4v) is 4.19. The average Bonchev–Trinajstić information content (AvgIpc) is 3.11. The molecular formula is C20H17BrClNO4S. The van der Waals surface area contributed by atoms with Gasteiger partial charge in [-0.2, -0.15) is 0 Å². The first kappa shape index (κ1) is 20.6. The minimum atomic E-state index is -3.56. The number of carbonyl (C=O) groups is 1. The lowest BCUT2D eigenvalue weighted by Crippen LogP contribution is -2.25. The van der Waals surface area contributed by atoms with E-state index in [1.165, 1.54) is 24.3 Å². The van der Waals surface area contributed by atoms with Crippen LogP contribution in [-0.4, -0.2) is 20.9 Å². The van der Waals surface area contributed by atoms with Gasteiger partial charge in [0.2, 0.25) is 0 Å². The summed E-state index contributed by atoms with van der Waals surface area (Å²) in [6.45, 7) is 0.424. The van der Waals surface area contributed by atoms with E-state index in [0.29, 0.717) is 18.0 Å². The quantitative estimate of drug-likeness (QED) is 0.532. The molecule has 0 bridgehead atoms. The molecule has 1 amide bonds. The lowest BCUT2D eigenvalue weighted by Gasteiger charge is -2.04. The molecule has 0 saturated carbocycles. The van der Waals surface area contributed by atoms with Gasteiger partial charge in [0.25, 0.3) is 5.91 Å². The molecule has 1 heterocycles. The van der Waals surface area contributed by atoms with E-state index in [1.54, 1.807) is 24.3 Å². The first-order valence-corrected chi connectivity index (χ1v) is 11.3. The van der Waals surface area contributed by atoms with E-state index in [-0.39, 0.29) is 28.1 Å². The number of nitrogens with one attached hydrogen (secondary N) is 1. The Morgan fingerprint density at radius 3 is 2.36 bits per heavy atom. The van der Waals surface area contributed by atoms with Gasteiger partial charge < -0.3 is 9.73 Å². The molecule has 146 valence electrons. The van der Waals surface area contributed by atoms with Crippen molar-refractivity contribution >= 4 is 43.3 Å². The second kappa shape index (κ2) is 8.94. The Hall–Kier alpha value is -2.09. The van der Waals surface area contributed by atoms with E-state index in [2.05, 4.69) is 21.2 Å². The highest BCUT2D eigenvalue weighted by atomic mass is 79.9. The Kier molecular flexibility index (Phi) is 6.59. The third kappa shape index (κ3) is 5.47. The highest BCUT2D eigenvalue weighted by Crippen LogP contribution is 2.20. The number of hydrogen-bond acceptors (Lipinski definition) is 4. The minimum Gasteiger partial charge on any atom is -0.455 e. The van der Waals surface area contributed by atoms with Crippen LogP contribution in [0.5, 0.6) is 0 Å². The van der Waals surface area contributed by atoms with Crippen molar-refractivity contribution in [1.29, 1.82) is 0 Å². The van der Waals surface area contributed by atoms with Gasteiger partial charge in [-0.25, -0.2) is 8.42 Å². The molecule has 1 N–H and O–H groups in total. The van der Waals surface area contributed by atoms with Gasteiger partial charge >= 0.3 is 0 Å². The molecule has 0 unspecified atom stereocenters. The van der Waals surface area contributed by atoms with Gasteiger partial charge in [-0.1, -0.05) is 39.7 Å². The molecule has 1 aromatic heterocycles. The van der Waals surface area contributed by atoms with Gasteiger partial charge in [-0.3, -0.25) is 4.79 Å². The molecule has 0 saturated heterocycles. The molecule has 3 aromatic rings. The van der Waals surface area contributed by atoms with Crippen molar-refractivity contribution in [2.75, 3.05) is 6.54 Å².